The van der Waals surface area contributed by atoms with Gasteiger partial charge in [-0.25, -0.2) is 9.97 Å². The first kappa shape index (κ1) is 8.99. The Morgan fingerprint density at radius 1 is 1.21 bits per heavy atom. The van der Waals surface area contributed by atoms with Crippen LogP contribution in [-0.4, -0.2) is 19.9 Å². The maximum absolute atomic E-state index is 4.23. The molecule has 0 saturated carbocycles. The lowest BCUT2D eigenvalue weighted by Crippen LogP contribution is -1.99. The molecular weight excluding hydrogens is 176 g/mol. The molecule has 2 rings (SSSR count). The molecule has 0 radical (unpaired) electrons. The molecule has 2 aromatic rings. The third kappa shape index (κ3) is 2.02. The van der Waals surface area contributed by atoms with Crippen molar-refractivity contribution in [2.45, 2.75) is 25.7 Å². The second-order valence-corrected chi connectivity index (χ2v) is 3.45. The Hall–Kier alpha value is -1.58. The molecule has 0 aromatic carbocycles. The van der Waals surface area contributed by atoms with Gasteiger partial charge in [0.05, 0.1) is 0 Å². The lowest BCUT2D eigenvalue weighted by atomic mass is 10.1. The summed E-state index contributed by atoms with van der Waals surface area (Å²) in [6, 6.07) is 0. The van der Waals surface area contributed by atoms with E-state index in [0.29, 0.717) is 5.92 Å². The zero-order chi connectivity index (χ0) is 9.80. The van der Waals surface area contributed by atoms with Crippen molar-refractivity contribution in [3.05, 3.63) is 36.4 Å². The number of aromatic amines is 2. The van der Waals surface area contributed by atoms with E-state index in [2.05, 4.69) is 26.9 Å². The third-order valence-electron chi connectivity index (χ3n) is 2.36. The molecule has 0 aliphatic heterocycles. The average Bonchev–Trinajstić information content (AvgIpc) is 2.87. The standard InChI is InChI=1S/C10H14N4/c1-8(10-13-6-7-14-10)2-3-9-11-4-5-12-9/h4-8H,2-3H2,1H3,(H,11,12)(H,13,14). The summed E-state index contributed by atoms with van der Waals surface area (Å²) >= 11 is 0. The molecule has 1 unspecified atom stereocenters. The van der Waals surface area contributed by atoms with Crippen LogP contribution in [0, 0.1) is 0 Å². The number of hydrogen-bond acceptors (Lipinski definition) is 2. The number of hydrogen-bond donors (Lipinski definition) is 2. The first-order chi connectivity index (χ1) is 6.86. The Kier molecular flexibility index (Phi) is 2.62. The summed E-state index contributed by atoms with van der Waals surface area (Å²) in [6.45, 7) is 2.17. The van der Waals surface area contributed by atoms with E-state index in [-0.39, 0.29) is 0 Å². The Morgan fingerprint density at radius 3 is 2.64 bits per heavy atom. The summed E-state index contributed by atoms with van der Waals surface area (Å²) < 4.78 is 0. The topological polar surface area (TPSA) is 57.4 Å². The van der Waals surface area contributed by atoms with Gasteiger partial charge in [-0.1, -0.05) is 6.92 Å². The Morgan fingerprint density at radius 2 is 2.00 bits per heavy atom. The molecule has 0 spiro atoms. The second-order valence-electron chi connectivity index (χ2n) is 3.45. The van der Waals surface area contributed by atoms with Gasteiger partial charge < -0.3 is 9.97 Å². The van der Waals surface area contributed by atoms with Crippen molar-refractivity contribution in [3.63, 3.8) is 0 Å². The van der Waals surface area contributed by atoms with E-state index in [1.165, 1.54) is 0 Å². The maximum Gasteiger partial charge on any atom is 0.108 e. The van der Waals surface area contributed by atoms with Crippen molar-refractivity contribution < 1.29 is 0 Å². The van der Waals surface area contributed by atoms with Crippen LogP contribution in [0.4, 0.5) is 0 Å². The average molecular weight is 190 g/mol. The minimum atomic E-state index is 0.454. The molecule has 2 N–H and O–H groups in total. The van der Waals surface area contributed by atoms with E-state index in [4.69, 9.17) is 0 Å². The van der Waals surface area contributed by atoms with Crippen molar-refractivity contribution in [2.24, 2.45) is 0 Å². The number of nitrogens with zero attached hydrogens (tertiary/aromatic N) is 2. The van der Waals surface area contributed by atoms with Gasteiger partial charge >= 0.3 is 0 Å². The summed E-state index contributed by atoms with van der Waals surface area (Å²) in [4.78, 5) is 14.6. The molecule has 2 heterocycles. The van der Waals surface area contributed by atoms with Crippen molar-refractivity contribution in [3.8, 4) is 0 Å². The molecule has 14 heavy (non-hydrogen) atoms. The van der Waals surface area contributed by atoms with E-state index in [9.17, 15) is 0 Å². The zero-order valence-electron chi connectivity index (χ0n) is 8.20. The first-order valence-electron chi connectivity index (χ1n) is 4.84. The van der Waals surface area contributed by atoms with Crippen LogP contribution in [0.3, 0.4) is 0 Å². The molecule has 0 aliphatic carbocycles. The van der Waals surface area contributed by atoms with E-state index < -0.39 is 0 Å². The molecule has 0 aliphatic rings. The number of nitrogens with one attached hydrogen (secondary N) is 2. The minimum absolute atomic E-state index is 0.454. The van der Waals surface area contributed by atoms with Crippen molar-refractivity contribution in [2.75, 3.05) is 0 Å². The van der Waals surface area contributed by atoms with Crippen LogP contribution in [0.1, 0.15) is 30.9 Å². The summed E-state index contributed by atoms with van der Waals surface area (Å²) in [5.74, 6) is 2.55. The van der Waals surface area contributed by atoms with Gasteiger partial charge in [0, 0.05) is 37.1 Å². The van der Waals surface area contributed by atoms with Crippen LogP contribution in [0.2, 0.25) is 0 Å². The van der Waals surface area contributed by atoms with Gasteiger partial charge in [-0.3, -0.25) is 0 Å². The van der Waals surface area contributed by atoms with Gasteiger partial charge in [-0.2, -0.15) is 0 Å². The van der Waals surface area contributed by atoms with Gasteiger partial charge in [0.1, 0.15) is 11.6 Å². The van der Waals surface area contributed by atoms with Crippen molar-refractivity contribution in [1.82, 2.24) is 19.9 Å². The fourth-order valence-electron chi connectivity index (χ4n) is 1.47. The SMILES string of the molecule is CC(CCc1ncc[nH]1)c1ncc[nH]1. The largest absolute Gasteiger partial charge is 0.349 e. The van der Waals surface area contributed by atoms with Crippen LogP contribution < -0.4 is 0 Å². The zero-order valence-corrected chi connectivity index (χ0v) is 8.20. The van der Waals surface area contributed by atoms with Gasteiger partial charge in [0.2, 0.25) is 0 Å². The molecule has 4 nitrogen and oxygen atoms in total. The van der Waals surface area contributed by atoms with Gasteiger partial charge in [-0.05, 0) is 6.42 Å². The third-order valence-corrected chi connectivity index (χ3v) is 2.36. The summed E-state index contributed by atoms with van der Waals surface area (Å²) in [6.07, 6.45) is 9.31. The lowest BCUT2D eigenvalue weighted by Gasteiger charge is -2.06. The number of rotatable bonds is 4. The molecule has 1 atom stereocenters. The molecule has 0 saturated heterocycles. The number of imidazole rings is 2. The monoisotopic (exact) mass is 190 g/mol. The van der Waals surface area contributed by atoms with Crippen molar-refractivity contribution >= 4 is 0 Å². The smallest absolute Gasteiger partial charge is 0.108 e. The molecule has 2 aromatic heterocycles. The van der Waals surface area contributed by atoms with E-state index in [0.717, 1.165) is 24.5 Å². The maximum atomic E-state index is 4.23. The molecular formula is C10H14N4. The first-order valence-corrected chi connectivity index (χ1v) is 4.84. The highest BCUT2D eigenvalue weighted by Crippen LogP contribution is 2.15. The Balaban J connectivity index is 1.87. The minimum Gasteiger partial charge on any atom is -0.349 e. The highest BCUT2D eigenvalue weighted by Gasteiger charge is 2.08. The van der Waals surface area contributed by atoms with Crippen LogP contribution >= 0.6 is 0 Å². The summed E-state index contributed by atoms with van der Waals surface area (Å²) in [5, 5.41) is 0. The van der Waals surface area contributed by atoms with Gasteiger partial charge in [-0.15, -0.1) is 0 Å². The number of H-pyrrole nitrogens is 2. The summed E-state index contributed by atoms with van der Waals surface area (Å²) in [7, 11) is 0. The van der Waals surface area contributed by atoms with E-state index in [1.54, 1.807) is 12.4 Å². The fourth-order valence-corrected chi connectivity index (χ4v) is 1.47. The fraction of sp³-hybridized carbons (Fsp3) is 0.400. The second kappa shape index (κ2) is 4.09. The normalized spacial score (nSPS) is 12.9. The Labute approximate surface area is 82.8 Å². The molecule has 4 heteroatoms. The molecule has 0 fully saturated rings. The lowest BCUT2D eigenvalue weighted by molar-refractivity contribution is 0.633. The molecule has 0 amide bonds. The van der Waals surface area contributed by atoms with Gasteiger partial charge in [0.25, 0.3) is 0 Å². The predicted octanol–water partition coefficient (Wildman–Crippen LogP) is 1.87. The van der Waals surface area contributed by atoms with Crippen molar-refractivity contribution in [1.29, 1.82) is 0 Å². The van der Waals surface area contributed by atoms with E-state index in [1.807, 2.05) is 12.4 Å². The van der Waals surface area contributed by atoms with Crippen LogP contribution in [-0.2, 0) is 6.42 Å². The molecule has 0 bridgehead atoms. The summed E-state index contributed by atoms with van der Waals surface area (Å²) in [5.41, 5.74) is 0. The van der Waals surface area contributed by atoms with Gasteiger partial charge in [0.15, 0.2) is 0 Å². The molecule has 74 valence electrons. The Bertz CT molecular complexity index is 349. The van der Waals surface area contributed by atoms with Crippen LogP contribution in [0.5, 0.6) is 0 Å². The van der Waals surface area contributed by atoms with E-state index >= 15 is 0 Å². The number of aromatic nitrogens is 4. The van der Waals surface area contributed by atoms with Crippen LogP contribution in [0.25, 0.3) is 0 Å². The number of aryl methyl sites for hydroxylation is 1. The van der Waals surface area contributed by atoms with Crippen LogP contribution in [0.15, 0.2) is 24.8 Å². The predicted molar refractivity (Wildman–Crippen MR) is 53.9 cm³/mol. The highest BCUT2D eigenvalue weighted by molar-refractivity contribution is 4.97. The quantitative estimate of drug-likeness (QED) is 0.773. The highest BCUT2D eigenvalue weighted by atomic mass is 14.9.